The van der Waals surface area contributed by atoms with Crippen molar-refractivity contribution in [2.45, 2.75) is 47.1 Å². The van der Waals surface area contributed by atoms with Crippen LogP contribution in [0.1, 0.15) is 42.5 Å². The van der Waals surface area contributed by atoms with Gasteiger partial charge >= 0.3 is 5.97 Å². The number of esters is 1. The molecule has 0 fully saturated rings. The minimum Gasteiger partial charge on any atom is -0.491 e. The lowest BCUT2D eigenvalue weighted by atomic mass is 9.94. The van der Waals surface area contributed by atoms with Crippen LogP contribution in [0.25, 0.3) is 11.1 Å². The van der Waals surface area contributed by atoms with E-state index in [4.69, 9.17) is 14.2 Å². The van der Waals surface area contributed by atoms with Crippen LogP contribution < -0.4 is 10.1 Å². The highest BCUT2D eigenvalue weighted by molar-refractivity contribution is 5.72. The lowest BCUT2D eigenvalue weighted by molar-refractivity contribution is -0.143. The van der Waals surface area contributed by atoms with Crippen LogP contribution in [-0.2, 0) is 27.2 Å². The van der Waals surface area contributed by atoms with Gasteiger partial charge in [-0.05, 0) is 92.3 Å². The number of carbonyl (C=O) groups excluding carboxylic acids is 1. The van der Waals surface area contributed by atoms with Gasteiger partial charge in [-0.1, -0.05) is 18.2 Å². The Labute approximate surface area is 217 Å². The molecule has 0 aromatic heterocycles. The molecule has 1 N–H and O–H groups in total. The summed E-state index contributed by atoms with van der Waals surface area (Å²) in [6, 6.07) is 14.6. The van der Waals surface area contributed by atoms with Crippen molar-refractivity contribution in [1.29, 1.82) is 0 Å². The van der Waals surface area contributed by atoms with E-state index in [0.29, 0.717) is 32.1 Å². The summed E-state index contributed by atoms with van der Waals surface area (Å²) >= 11 is 0. The van der Waals surface area contributed by atoms with Crippen molar-refractivity contribution in [2.75, 3.05) is 31.7 Å². The third kappa shape index (κ3) is 8.02. The molecule has 0 saturated heterocycles. The summed E-state index contributed by atoms with van der Waals surface area (Å²) in [5, 5.41) is 3.10. The van der Waals surface area contributed by atoms with Crippen LogP contribution in [0.5, 0.6) is 5.75 Å². The minimum absolute atomic E-state index is 0.0477. The summed E-state index contributed by atoms with van der Waals surface area (Å²) in [5.41, 5.74) is 5.57. The number of hydrogen-bond donors (Lipinski definition) is 1. The van der Waals surface area contributed by atoms with E-state index in [0.717, 1.165) is 33.6 Å². The number of hydrogen-bond acceptors (Lipinski definition) is 5. The molecule has 3 aromatic carbocycles. The number of nitrogens with one attached hydrogen (secondary N) is 1. The lowest BCUT2D eigenvalue weighted by Crippen LogP contribution is -2.08. The number of halogens is 2. The van der Waals surface area contributed by atoms with Crippen LogP contribution in [0.3, 0.4) is 0 Å². The van der Waals surface area contributed by atoms with Crippen LogP contribution in [0.4, 0.5) is 14.5 Å². The van der Waals surface area contributed by atoms with Gasteiger partial charge < -0.3 is 19.5 Å². The first-order valence-corrected chi connectivity index (χ1v) is 12.6. The zero-order valence-electron chi connectivity index (χ0n) is 22.0. The van der Waals surface area contributed by atoms with Gasteiger partial charge in [-0.3, -0.25) is 4.79 Å². The van der Waals surface area contributed by atoms with Crippen LogP contribution >= 0.6 is 0 Å². The molecule has 0 atom stereocenters. The highest BCUT2D eigenvalue weighted by atomic mass is 19.1. The summed E-state index contributed by atoms with van der Waals surface area (Å²) in [4.78, 5) is 11.5. The fraction of sp³-hybridized carbons (Fsp3) is 0.367. The Bertz CT molecular complexity index is 1170. The monoisotopic (exact) mass is 511 g/mol. The van der Waals surface area contributed by atoms with Gasteiger partial charge in [0.25, 0.3) is 0 Å². The van der Waals surface area contributed by atoms with Gasteiger partial charge in [0.1, 0.15) is 24.0 Å². The van der Waals surface area contributed by atoms with E-state index in [-0.39, 0.29) is 25.0 Å². The summed E-state index contributed by atoms with van der Waals surface area (Å²) < 4.78 is 45.1. The average Bonchev–Trinajstić information content (AvgIpc) is 2.85. The smallest absolute Gasteiger partial charge is 0.306 e. The number of anilines is 1. The zero-order valence-corrected chi connectivity index (χ0v) is 22.0. The van der Waals surface area contributed by atoms with Gasteiger partial charge in [0.2, 0.25) is 0 Å². The van der Waals surface area contributed by atoms with E-state index in [1.165, 1.54) is 12.1 Å². The molecular weight excluding hydrogens is 476 g/mol. The maximum Gasteiger partial charge on any atom is 0.306 e. The first kappa shape index (κ1) is 28.1. The second kappa shape index (κ2) is 13.7. The quantitative estimate of drug-likeness (QED) is 0.203. The van der Waals surface area contributed by atoms with Gasteiger partial charge in [0.05, 0.1) is 13.2 Å². The highest BCUT2D eigenvalue weighted by Gasteiger charge is 2.14. The Kier molecular flexibility index (Phi) is 10.4. The van der Waals surface area contributed by atoms with E-state index in [9.17, 15) is 13.6 Å². The molecule has 198 valence electrons. The Hall–Kier alpha value is -3.45. The largest absolute Gasteiger partial charge is 0.491 e. The fourth-order valence-corrected chi connectivity index (χ4v) is 4.27. The molecule has 0 spiro atoms. The predicted octanol–water partition coefficient (Wildman–Crippen LogP) is 6.77. The third-order valence-electron chi connectivity index (χ3n) is 5.94. The summed E-state index contributed by atoms with van der Waals surface area (Å²) in [6.45, 7) is 10.1. The van der Waals surface area contributed by atoms with Crippen LogP contribution in [-0.4, -0.2) is 32.4 Å². The van der Waals surface area contributed by atoms with Crippen molar-refractivity contribution < 1.29 is 27.8 Å². The topological polar surface area (TPSA) is 56.8 Å². The molecule has 37 heavy (non-hydrogen) atoms. The molecular formula is C30H35F2NO4. The molecule has 0 aliphatic carbocycles. The average molecular weight is 512 g/mol. The molecule has 0 unspecified atom stereocenters. The van der Waals surface area contributed by atoms with E-state index in [2.05, 4.69) is 25.2 Å². The summed E-state index contributed by atoms with van der Waals surface area (Å²) in [7, 11) is 0. The predicted molar refractivity (Wildman–Crippen MR) is 142 cm³/mol. The molecule has 0 bridgehead atoms. The van der Waals surface area contributed by atoms with Gasteiger partial charge in [-0.2, -0.15) is 0 Å². The number of ether oxygens (including phenoxy) is 3. The summed E-state index contributed by atoms with van der Waals surface area (Å²) in [6.07, 6.45) is -0.117. The minimum atomic E-state index is -0.685. The Morgan fingerprint density at radius 3 is 2.27 bits per heavy atom. The third-order valence-corrected chi connectivity index (χ3v) is 5.94. The van der Waals surface area contributed by atoms with E-state index >= 15 is 0 Å². The Balaban J connectivity index is 1.68. The zero-order chi connectivity index (χ0) is 26.8. The number of aryl methyl sites for hydroxylation is 2. The molecule has 0 radical (unpaired) electrons. The van der Waals surface area contributed by atoms with Crippen molar-refractivity contribution in [3.8, 4) is 16.9 Å². The fourth-order valence-electron chi connectivity index (χ4n) is 4.27. The summed E-state index contributed by atoms with van der Waals surface area (Å²) in [5.74, 6) is -1.03. The molecule has 3 aromatic rings. The van der Waals surface area contributed by atoms with Crippen LogP contribution in [0.2, 0.25) is 0 Å². The standard InChI is InChI=1S/C30H35F2NO4/c1-5-35-12-13-37-25-14-20(3)30(21(4)15-25)23-9-7-8-22(16-23)19-33-24-17-27(31)26(28(32)18-24)10-11-29(34)36-6-2/h7-9,14-18,33H,5-6,10-13,19H2,1-4H3. The van der Waals surface area contributed by atoms with Crippen molar-refractivity contribution in [1.82, 2.24) is 0 Å². The van der Waals surface area contributed by atoms with E-state index in [1.54, 1.807) is 6.92 Å². The lowest BCUT2D eigenvalue weighted by Gasteiger charge is -2.15. The Morgan fingerprint density at radius 2 is 1.62 bits per heavy atom. The molecule has 7 heteroatoms. The van der Waals surface area contributed by atoms with Crippen molar-refractivity contribution >= 4 is 11.7 Å². The molecule has 3 rings (SSSR count). The van der Waals surface area contributed by atoms with Crippen molar-refractivity contribution in [2.24, 2.45) is 0 Å². The molecule has 0 aliphatic heterocycles. The second-order valence-electron chi connectivity index (χ2n) is 8.75. The molecule has 0 aliphatic rings. The van der Waals surface area contributed by atoms with Gasteiger partial charge in [-0.25, -0.2) is 8.78 Å². The number of benzene rings is 3. The highest BCUT2D eigenvalue weighted by Crippen LogP contribution is 2.32. The second-order valence-corrected chi connectivity index (χ2v) is 8.75. The number of rotatable bonds is 13. The van der Waals surface area contributed by atoms with Gasteiger partial charge in [0, 0.05) is 30.8 Å². The maximum atomic E-state index is 14.5. The molecule has 0 amide bonds. The van der Waals surface area contributed by atoms with Gasteiger partial charge in [0.15, 0.2) is 0 Å². The van der Waals surface area contributed by atoms with Gasteiger partial charge in [-0.15, -0.1) is 0 Å². The first-order valence-electron chi connectivity index (χ1n) is 12.6. The van der Waals surface area contributed by atoms with E-state index < -0.39 is 17.6 Å². The Morgan fingerprint density at radius 1 is 0.919 bits per heavy atom. The van der Waals surface area contributed by atoms with Crippen molar-refractivity contribution in [3.05, 3.63) is 82.4 Å². The maximum absolute atomic E-state index is 14.5. The van der Waals surface area contributed by atoms with Crippen LogP contribution in [0, 0.1) is 25.5 Å². The molecule has 0 heterocycles. The van der Waals surface area contributed by atoms with E-state index in [1.807, 2.05) is 37.3 Å². The van der Waals surface area contributed by atoms with Crippen molar-refractivity contribution in [3.63, 3.8) is 0 Å². The number of carbonyl (C=O) groups is 1. The van der Waals surface area contributed by atoms with Crippen LogP contribution in [0.15, 0.2) is 48.5 Å². The SMILES string of the molecule is CCOCCOc1cc(C)c(-c2cccc(CNc3cc(F)c(CCC(=O)OCC)c(F)c3)c2)c(C)c1. The molecule has 5 nitrogen and oxygen atoms in total. The molecule has 0 saturated carbocycles. The first-order chi connectivity index (χ1) is 17.8. The normalized spacial score (nSPS) is 10.9.